The summed E-state index contributed by atoms with van der Waals surface area (Å²) < 4.78 is 5.16. The third-order valence-electron chi connectivity index (χ3n) is 5.26. The Morgan fingerprint density at radius 3 is 2.22 bits per heavy atom. The fourth-order valence-corrected chi connectivity index (χ4v) is 3.52. The van der Waals surface area contributed by atoms with E-state index in [0.29, 0.717) is 17.9 Å². The molecule has 32 heavy (non-hydrogen) atoms. The largest absolute Gasteiger partial charge is 0.497 e. The second-order valence-electron chi connectivity index (χ2n) is 7.43. The van der Waals surface area contributed by atoms with Crippen molar-refractivity contribution in [3.63, 3.8) is 0 Å². The normalized spacial score (nSPS) is 16.2. The first-order valence-corrected chi connectivity index (χ1v) is 10.4. The van der Waals surface area contributed by atoms with Crippen LogP contribution < -0.4 is 15.0 Å². The number of nitrogens with one attached hydrogen (secondary N) is 1. The summed E-state index contributed by atoms with van der Waals surface area (Å²) in [7, 11) is 1.63. The molecule has 1 N–H and O–H groups in total. The zero-order chi connectivity index (χ0) is 22.3. The van der Waals surface area contributed by atoms with Crippen molar-refractivity contribution >= 4 is 28.9 Å². The predicted molar refractivity (Wildman–Crippen MR) is 123 cm³/mol. The highest BCUT2D eigenvalue weighted by atomic mass is 16.5. The first kappa shape index (κ1) is 21.4. The van der Waals surface area contributed by atoms with Crippen LogP contribution in [0.15, 0.2) is 89.1 Å². The lowest BCUT2D eigenvalue weighted by molar-refractivity contribution is -0.121. The van der Waals surface area contributed by atoms with E-state index in [9.17, 15) is 9.59 Å². The van der Waals surface area contributed by atoms with E-state index in [-0.39, 0.29) is 18.2 Å². The van der Waals surface area contributed by atoms with Gasteiger partial charge in [-0.25, -0.2) is 4.90 Å². The van der Waals surface area contributed by atoms with Gasteiger partial charge >= 0.3 is 0 Å². The van der Waals surface area contributed by atoms with Gasteiger partial charge in [-0.1, -0.05) is 30.3 Å². The molecule has 1 unspecified atom stereocenters. The number of nitrogens with zero attached hydrogens (tertiary/aromatic N) is 3. The topological polar surface area (TPSA) is 83.4 Å². The number of methoxy groups -OCH3 is 1. The number of azo groups is 1. The molecule has 0 aliphatic carbocycles. The third kappa shape index (κ3) is 5.07. The molecule has 162 valence electrons. The average Bonchev–Trinajstić information content (AvgIpc) is 3.12. The minimum Gasteiger partial charge on any atom is -0.497 e. The Morgan fingerprint density at radius 2 is 1.56 bits per heavy atom. The minimum atomic E-state index is -0.516. The van der Waals surface area contributed by atoms with E-state index in [4.69, 9.17) is 4.74 Å². The Morgan fingerprint density at radius 1 is 0.906 bits per heavy atom. The molecule has 1 heterocycles. The molecule has 0 spiro atoms. The van der Waals surface area contributed by atoms with Crippen LogP contribution >= 0.6 is 0 Å². The molecule has 1 saturated heterocycles. The first-order valence-electron chi connectivity index (χ1n) is 10.4. The SMILES string of the molecule is COc1ccc(CCNC2CC(=O)N(c3ccc(N=Nc4ccccc4)cc3)C2=O)cc1. The van der Waals surface area contributed by atoms with Gasteiger partial charge in [0.25, 0.3) is 5.91 Å². The highest BCUT2D eigenvalue weighted by molar-refractivity contribution is 6.22. The Bertz CT molecular complexity index is 1100. The molecule has 0 radical (unpaired) electrons. The van der Waals surface area contributed by atoms with Gasteiger partial charge in [0.1, 0.15) is 5.75 Å². The van der Waals surface area contributed by atoms with E-state index in [1.165, 1.54) is 4.90 Å². The van der Waals surface area contributed by atoms with Crippen LogP contribution in [-0.4, -0.2) is 31.5 Å². The molecule has 7 nitrogen and oxygen atoms in total. The molecule has 3 aromatic rings. The Labute approximate surface area is 186 Å². The van der Waals surface area contributed by atoms with Crippen LogP contribution in [0.25, 0.3) is 0 Å². The highest BCUT2D eigenvalue weighted by Gasteiger charge is 2.39. The zero-order valence-electron chi connectivity index (χ0n) is 17.8. The predicted octanol–water partition coefficient (Wildman–Crippen LogP) is 4.57. The standard InChI is InChI=1S/C25H24N4O3/c1-32-22-13-7-18(8-14-22)15-16-26-23-17-24(30)29(25(23)31)21-11-9-20(10-12-21)28-27-19-5-3-2-4-6-19/h2-14,23,26H,15-17H2,1H3. The summed E-state index contributed by atoms with van der Waals surface area (Å²) in [6.07, 6.45) is 0.903. The van der Waals surface area contributed by atoms with Crippen LogP contribution in [-0.2, 0) is 16.0 Å². The van der Waals surface area contributed by atoms with Crippen LogP contribution in [0.2, 0.25) is 0 Å². The van der Waals surface area contributed by atoms with Crippen LogP contribution in [0.5, 0.6) is 5.75 Å². The first-order chi connectivity index (χ1) is 15.6. The molecule has 2 amide bonds. The molecular weight excluding hydrogens is 404 g/mol. The van der Waals surface area contributed by atoms with Crippen molar-refractivity contribution in [2.45, 2.75) is 18.9 Å². The number of rotatable bonds is 8. The molecule has 1 fully saturated rings. The summed E-state index contributed by atoms with van der Waals surface area (Å²) in [5.74, 6) is 0.362. The summed E-state index contributed by atoms with van der Waals surface area (Å²) >= 11 is 0. The Balaban J connectivity index is 1.34. The number of carbonyl (C=O) groups is 2. The quantitative estimate of drug-likeness (QED) is 0.421. The van der Waals surface area contributed by atoms with Gasteiger partial charge in [-0.2, -0.15) is 10.2 Å². The maximum atomic E-state index is 12.8. The smallest absolute Gasteiger partial charge is 0.251 e. The van der Waals surface area contributed by atoms with E-state index in [2.05, 4.69) is 15.5 Å². The van der Waals surface area contributed by atoms with E-state index in [1.807, 2.05) is 54.6 Å². The van der Waals surface area contributed by atoms with Crippen LogP contribution in [0.1, 0.15) is 12.0 Å². The van der Waals surface area contributed by atoms with Crippen LogP contribution in [0, 0.1) is 0 Å². The third-order valence-corrected chi connectivity index (χ3v) is 5.26. The summed E-state index contributed by atoms with van der Waals surface area (Å²) in [4.78, 5) is 26.6. The summed E-state index contributed by atoms with van der Waals surface area (Å²) in [5.41, 5.74) is 3.07. The number of amides is 2. The van der Waals surface area contributed by atoms with Crippen molar-refractivity contribution in [2.24, 2.45) is 10.2 Å². The second kappa shape index (κ2) is 9.98. The molecule has 1 aliphatic rings. The van der Waals surface area contributed by atoms with E-state index in [0.717, 1.165) is 23.4 Å². The lowest BCUT2D eigenvalue weighted by Gasteiger charge is -2.15. The highest BCUT2D eigenvalue weighted by Crippen LogP contribution is 2.26. The molecule has 1 aliphatic heterocycles. The van der Waals surface area contributed by atoms with Gasteiger partial charge in [0.05, 0.1) is 36.6 Å². The molecule has 7 heteroatoms. The van der Waals surface area contributed by atoms with E-state index in [1.54, 1.807) is 31.4 Å². The van der Waals surface area contributed by atoms with Crippen molar-refractivity contribution in [3.8, 4) is 5.75 Å². The number of imide groups is 1. The summed E-state index contributed by atoms with van der Waals surface area (Å²) in [5, 5.41) is 11.6. The number of carbonyl (C=O) groups excluding carboxylic acids is 2. The summed E-state index contributed by atoms with van der Waals surface area (Å²) in [6, 6.07) is 23.6. The molecule has 3 aromatic carbocycles. The van der Waals surface area contributed by atoms with Gasteiger partial charge in [0.2, 0.25) is 5.91 Å². The fraction of sp³-hybridized carbons (Fsp3) is 0.200. The molecular formula is C25H24N4O3. The van der Waals surface area contributed by atoms with Gasteiger partial charge in [-0.05, 0) is 67.1 Å². The average molecular weight is 428 g/mol. The maximum Gasteiger partial charge on any atom is 0.251 e. The maximum absolute atomic E-state index is 12.8. The van der Waals surface area contributed by atoms with E-state index >= 15 is 0 Å². The number of hydrogen-bond donors (Lipinski definition) is 1. The molecule has 0 aromatic heterocycles. The van der Waals surface area contributed by atoms with Crippen molar-refractivity contribution < 1.29 is 14.3 Å². The monoisotopic (exact) mass is 428 g/mol. The molecule has 4 rings (SSSR count). The zero-order valence-corrected chi connectivity index (χ0v) is 17.8. The van der Waals surface area contributed by atoms with Crippen LogP contribution in [0.4, 0.5) is 17.1 Å². The van der Waals surface area contributed by atoms with Crippen molar-refractivity contribution in [3.05, 3.63) is 84.4 Å². The number of benzene rings is 3. The Hall–Kier alpha value is -3.84. The fourth-order valence-electron chi connectivity index (χ4n) is 3.52. The van der Waals surface area contributed by atoms with Gasteiger partial charge in [-0.3, -0.25) is 9.59 Å². The van der Waals surface area contributed by atoms with Gasteiger partial charge in [0, 0.05) is 0 Å². The number of hydrogen-bond acceptors (Lipinski definition) is 6. The van der Waals surface area contributed by atoms with E-state index < -0.39 is 6.04 Å². The molecule has 0 bridgehead atoms. The van der Waals surface area contributed by atoms with Gasteiger partial charge in [0.15, 0.2) is 0 Å². The number of anilines is 1. The lowest BCUT2D eigenvalue weighted by atomic mass is 10.1. The van der Waals surface area contributed by atoms with Crippen molar-refractivity contribution in [1.29, 1.82) is 0 Å². The molecule has 1 atom stereocenters. The van der Waals surface area contributed by atoms with Gasteiger partial charge < -0.3 is 10.1 Å². The Kier molecular flexibility index (Phi) is 6.67. The van der Waals surface area contributed by atoms with Crippen molar-refractivity contribution in [2.75, 3.05) is 18.6 Å². The molecule has 0 saturated carbocycles. The van der Waals surface area contributed by atoms with Crippen LogP contribution in [0.3, 0.4) is 0 Å². The lowest BCUT2D eigenvalue weighted by Crippen LogP contribution is -2.39. The van der Waals surface area contributed by atoms with Gasteiger partial charge in [-0.15, -0.1) is 0 Å². The second-order valence-corrected chi connectivity index (χ2v) is 7.43. The minimum absolute atomic E-state index is 0.150. The number of ether oxygens (including phenoxy) is 1. The summed E-state index contributed by atoms with van der Waals surface area (Å²) in [6.45, 7) is 0.600. The van der Waals surface area contributed by atoms with Crippen molar-refractivity contribution in [1.82, 2.24) is 5.32 Å².